The molecule has 2 aliphatic heterocycles. The Morgan fingerprint density at radius 2 is 1.89 bits per heavy atom. The van der Waals surface area contributed by atoms with Gasteiger partial charge >= 0.3 is 6.03 Å². The van der Waals surface area contributed by atoms with Crippen LogP contribution in [0.3, 0.4) is 0 Å². The first-order valence-electron chi connectivity index (χ1n) is 9.33. The first kappa shape index (κ1) is 17.8. The van der Waals surface area contributed by atoms with Crippen molar-refractivity contribution in [2.45, 2.75) is 18.4 Å². The van der Waals surface area contributed by atoms with E-state index in [1.165, 1.54) is 6.07 Å². The molecule has 1 saturated heterocycles. The van der Waals surface area contributed by atoms with Crippen LogP contribution in [0.5, 0.6) is 5.75 Å². The van der Waals surface area contributed by atoms with Crippen molar-refractivity contribution >= 4 is 6.03 Å². The number of nitrogens with zero attached hydrogens (tertiary/aromatic N) is 1. The topological polar surface area (TPSA) is 50.8 Å². The Morgan fingerprint density at radius 1 is 1.11 bits per heavy atom. The molecule has 4 rings (SSSR count). The number of halogens is 1. The highest BCUT2D eigenvalue weighted by Crippen LogP contribution is 2.33. The summed E-state index contributed by atoms with van der Waals surface area (Å²) < 4.78 is 25.4. The highest BCUT2D eigenvalue weighted by molar-refractivity contribution is 5.74. The summed E-state index contributed by atoms with van der Waals surface area (Å²) in [5, 5.41) is 3.03. The van der Waals surface area contributed by atoms with Crippen molar-refractivity contribution < 1.29 is 18.7 Å². The number of carbonyl (C=O) groups excluding carboxylic acids is 1. The smallest absolute Gasteiger partial charge is 0.317 e. The number of para-hydroxylation sites is 1. The van der Waals surface area contributed by atoms with Gasteiger partial charge in [-0.25, -0.2) is 9.18 Å². The van der Waals surface area contributed by atoms with E-state index in [1.54, 1.807) is 23.1 Å². The molecule has 2 atom stereocenters. The Hall–Kier alpha value is -2.60. The molecular formula is C21H23FN2O3. The Morgan fingerprint density at radius 3 is 2.74 bits per heavy atom. The largest absolute Gasteiger partial charge is 0.493 e. The van der Waals surface area contributed by atoms with Crippen LogP contribution in [-0.2, 0) is 4.74 Å². The minimum absolute atomic E-state index is 0.136. The van der Waals surface area contributed by atoms with E-state index in [2.05, 4.69) is 5.32 Å². The van der Waals surface area contributed by atoms with Crippen LogP contribution < -0.4 is 10.1 Å². The van der Waals surface area contributed by atoms with Crippen LogP contribution in [0.25, 0.3) is 0 Å². The van der Waals surface area contributed by atoms with Crippen molar-refractivity contribution in [3.8, 4) is 5.75 Å². The van der Waals surface area contributed by atoms with E-state index >= 15 is 0 Å². The normalized spacial score (nSPS) is 21.9. The number of ether oxygens (including phenoxy) is 2. The van der Waals surface area contributed by atoms with E-state index in [-0.39, 0.29) is 17.8 Å². The fourth-order valence-corrected chi connectivity index (χ4v) is 3.71. The zero-order chi connectivity index (χ0) is 18.6. The van der Waals surface area contributed by atoms with Gasteiger partial charge in [-0.15, -0.1) is 0 Å². The molecule has 142 valence electrons. The molecule has 1 N–H and O–H groups in total. The summed E-state index contributed by atoms with van der Waals surface area (Å²) >= 11 is 0. The molecule has 2 amide bonds. The fourth-order valence-electron chi connectivity index (χ4n) is 3.71. The van der Waals surface area contributed by atoms with Gasteiger partial charge in [-0.3, -0.25) is 0 Å². The molecule has 2 heterocycles. The maximum absolute atomic E-state index is 14.0. The fraction of sp³-hybridized carbons (Fsp3) is 0.381. The average Bonchev–Trinajstić information content (AvgIpc) is 2.72. The van der Waals surface area contributed by atoms with Gasteiger partial charge in [-0.2, -0.15) is 0 Å². The highest BCUT2D eigenvalue weighted by atomic mass is 19.1. The molecule has 6 heteroatoms. The zero-order valence-electron chi connectivity index (χ0n) is 15.1. The lowest BCUT2D eigenvalue weighted by molar-refractivity contribution is -0.0171. The van der Waals surface area contributed by atoms with Crippen molar-refractivity contribution in [1.29, 1.82) is 0 Å². The van der Waals surface area contributed by atoms with E-state index < -0.39 is 6.10 Å². The second kappa shape index (κ2) is 7.96. The maximum Gasteiger partial charge on any atom is 0.317 e. The number of hydrogen-bond acceptors (Lipinski definition) is 3. The molecule has 0 aliphatic carbocycles. The number of fused-ring (bicyclic) bond motifs is 1. The molecule has 2 aromatic carbocycles. The second-order valence-corrected chi connectivity index (χ2v) is 6.88. The van der Waals surface area contributed by atoms with Crippen LogP contribution in [0.2, 0.25) is 0 Å². The van der Waals surface area contributed by atoms with Crippen LogP contribution in [0.4, 0.5) is 9.18 Å². The predicted octanol–water partition coefficient (Wildman–Crippen LogP) is 3.47. The third-order valence-corrected chi connectivity index (χ3v) is 5.19. The van der Waals surface area contributed by atoms with E-state index in [0.717, 1.165) is 17.7 Å². The molecule has 2 aromatic rings. The second-order valence-electron chi connectivity index (χ2n) is 6.88. The highest BCUT2D eigenvalue weighted by Gasteiger charge is 2.28. The van der Waals surface area contributed by atoms with Gasteiger partial charge in [0.15, 0.2) is 0 Å². The van der Waals surface area contributed by atoms with Crippen molar-refractivity contribution in [2.75, 3.05) is 32.8 Å². The van der Waals surface area contributed by atoms with Crippen LogP contribution in [0.15, 0.2) is 48.5 Å². The molecule has 2 unspecified atom stereocenters. The quantitative estimate of drug-likeness (QED) is 0.900. The molecule has 0 spiro atoms. The van der Waals surface area contributed by atoms with E-state index in [0.29, 0.717) is 38.4 Å². The number of urea groups is 1. The van der Waals surface area contributed by atoms with E-state index in [9.17, 15) is 9.18 Å². The third kappa shape index (κ3) is 3.90. The molecule has 0 bridgehead atoms. The minimum Gasteiger partial charge on any atom is -0.493 e. The standard InChI is InChI=1S/C21H23FN2O3/c22-18-7-3-1-6-17(18)20-14-24(10-12-27-20)21(25)23-13-15-9-11-26-19-8-4-2-5-16(15)19/h1-8,15,20H,9-14H2,(H,23,25). The lowest BCUT2D eigenvalue weighted by atomic mass is 9.93. The predicted molar refractivity (Wildman–Crippen MR) is 99.4 cm³/mol. The molecular weight excluding hydrogens is 347 g/mol. The van der Waals surface area contributed by atoms with Crippen LogP contribution in [0.1, 0.15) is 29.6 Å². The lowest BCUT2D eigenvalue weighted by Crippen LogP contribution is -2.48. The van der Waals surface area contributed by atoms with Crippen molar-refractivity contribution in [1.82, 2.24) is 10.2 Å². The summed E-state index contributed by atoms with van der Waals surface area (Å²) in [7, 11) is 0. The van der Waals surface area contributed by atoms with Gasteiger partial charge in [-0.05, 0) is 24.1 Å². The Balaban J connectivity index is 1.37. The summed E-state index contributed by atoms with van der Waals surface area (Å²) in [6, 6.07) is 14.4. The summed E-state index contributed by atoms with van der Waals surface area (Å²) in [4.78, 5) is 14.3. The zero-order valence-corrected chi connectivity index (χ0v) is 15.1. The number of benzene rings is 2. The molecule has 27 heavy (non-hydrogen) atoms. The van der Waals surface area contributed by atoms with Crippen LogP contribution >= 0.6 is 0 Å². The monoisotopic (exact) mass is 370 g/mol. The number of morpholine rings is 1. The molecule has 1 fully saturated rings. The van der Waals surface area contributed by atoms with Gasteiger partial charge in [0.25, 0.3) is 0 Å². The molecule has 0 saturated carbocycles. The van der Waals surface area contributed by atoms with Gasteiger partial charge < -0.3 is 19.7 Å². The minimum atomic E-state index is -0.436. The Kier molecular flexibility index (Phi) is 5.25. The van der Waals surface area contributed by atoms with Crippen LogP contribution in [-0.4, -0.2) is 43.8 Å². The SMILES string of the molecule is O=C(NCC1CCOc2ccccc21)N1CCOC(c2ccccc2F)C1. The summed E-state index contributed by atoms with van der Waals surface area (Å²) in [6.07, 6.45) is 0.438. The van der Waals surface area contributed by atoms with Crippen LogP contribution in [0, 0.1) is 5.82 Å². The first-order chi connectivity index (χ1) is 13.2. The molecule has 5 nitrogen and oxygen atoms in total. The number of carbonyl (C=O) groups is 1. The molecule has 0 aromatic heterocycles. The lowest BCUT2D eigenvalue weighted by Gasteiger charge is -2.34. The maximum atomic E-state index is 14.0. The molecule has 2 aliphatic rings. The number of rotatable bonds is 3. The van der Waals surface area contributed by atoms with Gasteiger partial charge in [0.05, 0.1) is 19.8 Å². The van der Waals surface area contributed by atoms with Crippen molar-refractivity contribution in [2.24, 2.45) is 0 Å². The van der Waals surface area contributed by atoms with Gasteiger partial charge in [-0.1, -0.05) is 36.4 Å². The number of hydrogen-bond donors (Lipinski definition) is 1. The Labute approximate surface area is 158 Å². The summed E-state index contributed by atoms with van der Waals surface area (Å²) in [5.41, 5.74) is 1.63. The molecule has 0 radical (unpaired) electrons. The number of nitrogens with one attached hydrogen (secondary N) is 1. The van der Waals surface area contributed by atoms with Gasteiger partial charge in [0.1, 0.15) is 17.7 Å². The van der Waals surface area contributed by atoms with Gasteiger partial charge in [0.2, 0.25) is 0 Å². The third-order valence-electron chi connectivity index (χ3n) is 5.19. The summed E-state index contributed by atoms with van der Waals surface area (Å²) in [5.74, 6) is 0.833. The first-order valence-corrected chi connectivity index (χ1v) is 9.33. The van der Waals surface area contributed by atoms with Crippen molar-refractivity contribution in [3.63, 3.8) is 0 Å². The summed E-state index contributed by atoms with van der Waals surface area (Å²) in [6.45, 7) is 2.45. The van der Waals surface area contributed by atoms with Crippen molar-refractivity contribution in [3.05, 3.63) is 65.5 Å². The van der Waals surface area contributed by atoms with E-state index in [4.69, 9.17) is 9.47 Å². The van der Waals surface area contributed by atoms with Gasteiger partial charge in [0, 0.05) is 24.6 Å². The number of amides is 2. The van der Waals surface area contributed by atoms with E-state index in [1.807, 2.05) is 24.3 Å². The Bertz CT molecular complexity index is 814. The average molecular weight is 370 g/mol.